The van der Waals surface area contributed by atoms with Gasteiger partial charge in [0, 0.05) is 40.1 Å². The minimum Gasteiger partial charge on any atom is -0.504 e. The number of nitrogens with one attached hydrogen (secondary N) is 1. The molecule has 2 aliphatic heterocycles. The monoisotopic (exact) mass is 892 g/mol. The Morgan fingerprint density at radius 3 is 2.40 bits per heavy atom. The topological polar surface area (TPSA) is 166 Å². The molecule has 3 aromatic rings. The van der Waals surface area contributed by atoms with Crippen LogP contribution in [0.4, 0.5) is 19.0 Å². The number of hydrazine groups is 1. The highest BCUT2D eigenvalue weighted by Crippen LogP contribution is 2.65. The van der Waals surface area contributed by atoms with E-state index in [-0.39, 0.29) is 42.9 Å². The maximum absolute atomic E-state index is 15.4. The largest absolute Gasteiger partial charge is 0.504 e. The SMILES string of the molecule is COc1cc(Br)cc(C2C3=CCC4C(=O)N(CCCCCC(=O)O)C(=O)C4C3CC3C(=O)N(Nc4ncc(C(F)(F)F)cc4Cl)C(=O)C32c2ccc(Cl)cc2)c1O. The van der Waals surface area contributed by atoms with Gasteiger partial charge in [-0.25, -0.2) is 4.98 Å². The molecule has 4 amide bonds. The van der Waals surface area contributed by atoms with Crippen LogP contribution < -0.4 is 10.2 Å². The summed E-state index contributed by atoms with van der Waals surface area (Å²) in [7, 11) is 1.34. The first-order chi connectivity index (χ1) is 27.0. The smallest absolute Gasteiger partial charge is 0.417 e. The van der Waals surface area contributed by atoms with Gasteiger partial charge in [0.2, 0.25) is 11.8 Å². The standard InChI is InChI=1S/C39H34BrCl2F3N4O8/c1-57-28-15-20(40)14-25(32(28)52)31-22-10-11-23-30(36(55)48(34(23)53)12-4-2-3-5-29(50)51)24(22)16-26-35(54)49(37(56)38(26,31)18-6-8-21(41)9-7-18)47-33-27(42)13-19(17-46-33)39(43,44)45/h6-10,13-15,17,23-24,26,30-31,52H,2-5,11-12,16H2,1H3,(H,46,47)(H,50,51). The molecule has 3 N–H and O–H groups in total. The number of anilines is 1. The average Bonchev–Trinajstić information content (AvgIpc) is 3.53. The highest BCUT2D eigenvalue weighted by molar-refractivity contribution is 9.10. The van der Waals surface area contributed by atoms with Crippen LogP contribution >= 0.6 is 39.1 Å². The van der Waals surface area contributed by atoms with Crippen molar-refractivity contribution in [1.82, 2.24) is 14.9 Å². The third-order valence-corrected chi connectivity index (χ3v) is 12.5. The van der Waals surface area contributed by atoms with Crippen LogP contribution in [-0.2, 0) is 35.6 Å². The lowest BCUT2D eigenvalue weighted by molar-refractivity contribution is -0.141. The number of hydrogen-bond donors (Lipinski definition) is 3. The minimum atomic E-state index is -4.78. The highest BCUT2D eigenvalue weighted by Gasteiger charge is 2.70. The molecule has 300 valence electrons. The van der Waals surface area contributed by atoms with Crippen molar-refractivity contribution < 1.29 is 52.1 Å². The fraction of sp³-hybridized carbons (Fsp3) is 0.385. The number of alkyl halides is 3. The first-order valence-corrected chi connectivity index (χ1v) is 19.5. The Kier molecular flexibility index (Phi) is 10.8. The molecule has 18 heteroatoms. The summed E-state index contributed by atoms with van der Waals surface area (Å²) in [4.78, 5) is 74.4. The van der Waals surface area contributed by atoms with Crippen LogP contribution in [0.5, 0.6) is 11.5 Å². The normalized spacial score (nSPS) is 25.6. The second-order valence-corrected chi connectivity index (χ2v) is 16.3. The molecule has 57 heavy (non-hydrogen) atoms. The molecule has 0 bridgehead atoms. The number of benzene rings is 2. The van der Waals surface area contributed by atoms with Gasteiger partial charge in [-0.2, -0.15) is 18.2 Å². The van der Waals surface area contributed by atoms with Gasteiger partial charge in [0.05, 0.1) is 40.9 Å². The molecule has 6 atom stereocenters. The number of methoxy groups -OCH3 is 1. The summed E-state index contributed by atoms with van der Waals surface area (Å²) in [6.07, 6.45) is -1.30. The van der Waals surface area contributed by atoms with Crippen molar-refractivity contribution in [2.45, 2.75) is 56.0 Å². The summed E-state index contributed by atoms with van der Waals surface area (Å²) in [5, 5.41) is 21.3. The fourth-order valence-electron chi connectivity index (χ4n) is 9.11. The van der Waals surface area contributed by atoms with Gasteiger partial charge in [0.25, 0.3) is 11.8 Å². The molecule has 0 spiro atoms. The molecule has 4 aliphatic rings. The number of ether oxygens (including phenoxy) is 1. The number of carboxylic acid groups (broad SMARTS) is 1. The van der Waals surface area contributed by atoms with E-state index in [0.29, 0.717) is 57.2 Å². The Morgan fingerprint density at radius 2 is 1.75 bits per heavy atom. The number of hydrogen-bond acceptors (Lipinski definition) is 9. The molecule has 1 saturated carbocycles. The molecule has 2 aliphatic carbocycles. The molecule has 1 aromatic heterocycles. The number of aromatic nitrogens is 1. The number of rotatable bonds is 11. The number of carbonyl (C=O) groups is 5. The summed E-state index contributed by atoms with van der Waals surface area (Å²) in [5.74, 6) is -9.15. The Morgan fingerprint density at radius 1 is 1.04 bits per heavy atom. The first kappa shape index (κ1) is 40.5. The summed E-state index contributed by atoms with van der Waals surface area (Å²) in [5.41, 5.74) is 0.549. The second-order valence-electron chi connectivity index (χ2n) is 14.5. The van der Waals surface area contributed by atoms with Crippen LogP contribution in [0.2, 0.25) is 10.0 Å². The molecule has 7 rings (SSSR count). The van der Waals surface area contributed by atoms with Crippen molar-refractivity contribution in [3.05, 3.63) is 91.5 Å². The molecule has 2 saturated heterocycles. The van der Waals surface area contributed by atoms with E-state index in [1.807, 2.05) is 0 Å². The van der Waals surface area contributed by atoms with Gasteiger partial charge >= 0.3 is 12.1 Å². The number of pyridine rings is 1. The van der Waals surface area contributed by atoms with Crippen LogP contribution in [-0.4, -0.2) is 68.4 Å². The zero-order valence-electron chi connectivity index (χ0n) is 30.0. The number of phenolic OH excluding ortho intramolecular Hbond substituents is 1. The lowest BCUT2D eigenvalue weighted by Crippen LogP contribution is -2.53. The van der Waals surface area contributed by atoms with Crippen LogP contribution in [0, 0.1) is 23.7 Å². The Balaban J connectivity index is 1.38. The third-order valence-electron chi connectivity index (χ3n) is 11.5. The van der Waals surface area contributed by atoms with Crippen molar-refractivity contribution in [3.8, 4) is 11.5 Å². The number of phenols is 1. The number of aliphatic carboxylic acids is 1. The van der Waals surface area contributed by atoms with Crippen molar-refractivity contribution in [3.63, 3.8) is 0 Å². The lowest BCUT2D eigenvalue weighted by atomic mass is 9.49. The van der Waals surface area contributed by atoms with Gasteiger partial charge < -0.3 is 14.9 Å². The van der Waals surface area contributed by atoms with Gasteiger partial charge in [0.1, 0.15) is 0 Å². The number of fused-ring (bicyclic) bond motifs is 4. The van der Waals surface area contributed by atoms with E-state index in [9.17, 15) is 37.5 Å². The van der Waals surface area contributed by atoms with E-state index in [1.165, 1.54) is 30.2 Å². The first-order valence-electron chi connectivity index (χ1n) is 18.0. The molecular weight excluding hydrogens is 860 g/mol. The second kappa shape index (κ2) is 15.3. The summed E-state index contributed by atoms with van der Waals surface area (Å²) >= 11 is 16.1. The maximum atomic E-state index is 15.4. The molecule has 6 unspecified atom stereocenters. The van der Waals surface area contributed by atoms with Gasteiger partial charge in [-0.1, -0.05) is 69.3 Å². The van der Waals surface area contributed by atoms with Crippen LogP contribution in [0.25, 0.3) is 0 Å². The van der Waals surface area contributed by atoms with Gasteiger partial charge in [-0.05, 0) is 67.5 Å². The number of aromatic hydroxyl groups is 1. The maximum Gasteiger partial charge on any atom is 0.417 e. The quantitative estimate of drug-likeness (QED) is 0.0997. The highest BCUT2D eigenvalue weighted by atomic mass is 79.9. The number of amides is 4. The van der Waals surface area contributed by atoms with Crippen LogP contribution in [0.3, 0.4) is 0 Å². The van der Waals surface area contributed by atoms with E-state index in [4.69, 9.17) is 33.0 Å². The minimum absolute atomic E-state index is 0.0345. The van der Waals surface area contributed by atoms with Crippen LogP contribution in [0.15, 0.2) is 64.8 Å². The summed E-state index contributed by atoms with van der Waals surface area (Å²) in [6, 6.07) is 9.93. The van der Waals surface area contributed by atoms with Crippen molar-refractivity contribution in [1.29, 1.82) is 0 Å². The van der Waals surface area contributed by atoms with Crippen LogP contribution in [0.1, 0.15) is 61.1 Å². The van der Waals surface area contributed by atoms with Gasteiger partial charge in [0.15, 0.2) is 17.3 Å². The number of carbonyl (C=O) groups excluding carboxylic acids is 4. The van der Waals surface area contributed by atoms with Crippen molar-refractivity contribution in [2.24, 2.45) is 23.7 Å². The molecule has 2 aromatic carbocycles. The predicted octanol–water partition coefficient (Wildman–Crippen LogP) is 7.51. The zero-order valence-corrected chi connectivity index (χ0v) is 33.1. The fourth-order valence-corrected chi connectivity index (χ4v) is 9.90. The van der Waals surface area contributed by atoms with E-state index in [0.717, 1.165) is 0 Å². The Bertz CT molecular complexity index is 2220. The summed E-state index contributed by atoms with van der Waals surface area (Å²) in [6.45, 7) is 0.0769. The molecule has 3 heterocycles. The van der Waals surface area contributed by atoms with Crippen molar-refractivity contribution in [2.75, 3.05) is 19.1 Å². The molecule has 0 radical (unpaired) electrons. The van der Waals surface area contributed by atoms with E-state index in [1.54, 1.807) is 24.3 Å². The third kappa shape index (κ3) is 6.82. The van der Waals surface area contributed by atoms with E-state index >= 15 is 4.79 Å². The average molecular weight is 895 g/mol. The lowest BCUT2D eigenvalue weighted by Gasteiger charge is -2.50. The van der Waals surface area contributed by atoms with E-state index < -0.39 is 87.2 Å². The number of unbranched alkanes of at least 4 members (excludes halogenated alkanes) is 2. The predicted molar refractivity (Wildman–Crippen MR) is 202 cm³/mol. The molecule has 12 nitrogen and oxygen atoms in total. The zero-order chi connectivity index (χ0) is 41.1. The van der Waals surface area contributed by atoms with Crippen molar-refractivity contribution >= 4 is 74.5 Å². The number of carboxylic acids is 1. The number of allylic oxidation sites excluding steroid dienone is 2. The number of imide groups is 2. The molecule has 3 fully saturated rings. The van der Waals surface area contributed by atoms with Gasteiger partial charge in [-0.3, -0.25) is 34.3 Å². The Hall–Kier alpha value is -4.67. The number of likely N-dealkylation sites (tertiary alicyclic amines) is 1. The van der Waals surface area contributed by atoms with Gasteiger partial charge in [-0.15, -0.1) is 0 Å². The molecular formula is C39H34BrCl2F3N4O8. The summed E-state index contributed by atoms with van der Waals surface area (Å²) < 4.78 is 46.4. The number of nitrogens with zero attached hydrogens (tertiary/aromatic N) is 3. The number of halogens is 6. The van der Waals surface area contributed by atoms with E-state index in [2.05, 4.69) is 26.3 Å². The Labute approximate surface area is 342 Å².